The number of likely N-dealkylation sites (N-methyl/N-ethyl adjacent to an activating group) is 1. The standard InChI is InChI=1S/C23H36N4/c1-20-18-21(2)27(24-20)17-9-14-25(3)23-13-8-16-26(19-23)15-7-12-22-10-5-4-6-11-22/h4-6,10-11,18,23H,7-9,12-17,19H2,1-3H3/t23-/m1/s1. The second kappa shape index (κ2) is 10.0. The minimum Gasteiger partial charge on any atom is -0.302 e. The monoisotopic (exact) mass is 368 g/mol. The lowest BCUT2D eigenvalue weighted by molar-refractivity contribution is 0.113. The van der Waals surface area contributed by atoms with Crippen LogP contribution in [0.5, 0.6) is 0 Å². The minimum absolute atomic E-state index is 0.705. The van der Waals surface area contributed by atoms with Gasteiger partial charge in [-0.05, 0) is 84.3 Å². The van der Waals surface area contributed by atoms with Crippen LogP contribution in [0.3, 0.4) is 0 Å². The van der Waals surface area contributed by atoms with Crippen LogP contribution >= 0.6 is 0 Å². The molecule has 1 saturated heterocycles. The normalized spacial score (nSPS) is 18.3. The predicted molar refractivity (Wildman–Crippen MR) is 113 cm³/mol. The third-order valence-corrected chi connectivity index (χ3v) is 5.87. The molecule has 4 heteroatoms. The van der Waals surface area contributed by atoms with Gasteiger partial charge >= 0.3 is 0 Å². The molecule has 0 bridgehead atoms. The number of likely N-dealkylation sites (tertiary alicyclic amines) is 1. The van der Waals surface area contributed by atoms with E-state index in [1.807, 2.05) is 0 Å². The van der Waals surface area contributed by atoms with Crippen molar-refractivity contribution in [1.29, 1.82) is 0 Å². The van der Waals surface area contributed by atoms with Gasteiger partial charge in [0.1, 0.15) is 0 Å². The maximum atomic E-state index is 4.58. The molecule has 0 spiro atoms. The summed E-state index contributed by atoms with van der Waals surface area (Å²) in [4.78, 5) is 5.25. The lowest BCUT2D eigenvalue weighted by Gasteiger charge is -2.37. The number of piperidine rings is 1. The van der Waals surface area contributed by atoms with Gasteiger partial charge in [0.2, 0.25) is 0 Å². The fraction of sp³-hybridized carbons (Fsp3) is 0.609. The molecule has 3 rings (SSSR count). The number of rotatable bonds is 9. The van der Waals surface area contributed by atoms with Crippen molar-refractivity contribution in [3.8, 4) is 0 Å². The highest BCUT2D eigenvalue weighted by Crippen LogP contribution is 2.16. The van der Waals surface area contributed by atoms with Gasteiger partial charge in [0, 0.05) is 24.8 Å². The average Bonchev–Trinajstić information content (AvgIpc) is 3.00. The predicted octanol–water partition coefficient (Wildman–Crippen LogP) is 3.92. The van der Waals surface area contributed by atoms with E-state index < -0.39 is 0 Å². The first-order valence-electron chi connectivity index (χ1n) is 10.6. The fourth-order valence-corrected chi connectivity index (χ4v) is 4.30. The van der Waals surface area contributed by atoms with E-state index in [1.54, 1.807) is 0 Å². The first kappa shape index (κ1) is 20.1. The molecule has 1 aromatic carbocycles. The molecule has 0 saturated carbocycles. The number of aromatic nitrogens is 2. The molecule has 2 heterocycles. The molecule has 0 amide bonds. The van der Waals surface area contributed by atoms with E-state index in [4.69, 9.17) is 0 Å². The summed E-state index contributed by atoms with van der Waals surface area (Å²) < 4.78 is 2.15. The van der Waals surface area contributed by atoms with Crippen molar-refractivity contribution in [2.45, 2.75) is 58.5 Å². The van der Waals surface area contributed by atoms with E-state index in [2.05, 4.69) is 76.9 Å². The molecular weight excluding hydrogens is 332 g/mol. The lowest BCUT2D eigenvalue weighted by atomic mass is 10.0. The van der Waals surface area contributed by atoms with E-state index in [0.29, 0.717) is 6.04 Å². The summed E-state index contributed by atoms with van der Waals surface area (Å²) in [6, 6.07) is 13.8. The molecule has 0 unspecified atom stereocenters. The smallest absolute Gasteiger partial charge is 0.0596 e. The molecule has 0 N–H and O–H groups in total. The van der Waals surface area contributed by atoms with Crippen LogP contribution in [-0.4, -0.2) is 58.8 Å². The van der Waals surface area contributed by atoms with Gasteiger partial charge in [-0.15, -0.1) is 0 Å². The molecule has 1 aromatic heterocycles. The zero-order valence-corrected chi connectivity index (χ0v) is 17.4. The SMILES string of the molecule is Cc1cc(C)n(CCCN(C)[C@@H]2CCCN(CCCc3ccccc3)C2)n1. The highest BCUT2D eigenvalue weighted by Gasteiger charge is 2.22. The van der Waals surface area contributed by atoms with Crippen LogP contribution in [0, 0.1) is 13.8 Å². The van der Waals surface area contributed by atoms with Gasteiger partial charge in [-0.2, -0.15) is 5.10 Å². The first-order chi connectivity index (χ1) is 13.1. The van der Waals surface area contributed by atoms with E-state index in [-0.39, 0.29) is 0 Å². The maximum absolute atomic E-state index is 4.58. The summed E-state index contributed by atoms with van der Waals surface area (Å²) >= 11 is 0. The van der Waals surface area contributed by atoms with E-state index in [1.165, 1.54) is 63.0 Å². The summed E-state index contributed by atoms with van der Waals surface area (Å²) in [5.41, 5.74) is 3.86. The summed E-state index contributed by atoms with van der Waals surface area (Å²) in [5, 5.41) is 4.58. The highest BCUT2D eigenvalue weighted by atomic mass is 15.3. The van der Waals surface area contributed by atoms with Crippen LogP contribution in [0.4, 0.5) is 0 Å². The molecule has 2 aromatic rings. The average molecular weight is 369 g/mol. The molecule has 148 valence electrons. The van der Waals surface area contributed by atoms with Gasteiger partial charge < -0.3 is 9.80 Å². The summed E-state index contributed by atoms with van der Waals surface area (Å²) in [6.07, 6.45) is 6.30. The Balaban J connectivity index is 1.37. The van der Waals surface area contributed by atoms with Crippen LogP contribution in [0.2, 0.25) is 0 Å². The third-order valence-electron chi connectivity index (χ3n) is 5.87. The van der Waals surface area contributed by atoms with Gasteiger partial charge in [-0.25, -0.2) is 0 Å². The van der Waals surface area contributed by atoms with Gasteiger partial charge in [-0.1, -0.05) is 30.3 Å². The van der Waals surface area contributed by atoms with Crippen molar-refractivity contribution in [1.82, 2.24) is 19.6 Å². The zero-order chi connectivity index (χ0) is 19.1. The number of benzene rings is 1. The molecule has 1 aliphatic heterocycles. The van der Waals surface area contributed by atoms with Gasteiger partial charge in [-0.3, -0.25) is 4.68 Å². The Morgan fingerprint density at radius 1 is 1.11 bits per heavy atom. The molecule has 4 nitrogen and oxygen atoms in total. The minimum atomic E-state index is 0.705. The molecule has 1 atom stereocenters. The maximum Gasteiger partial charge on any atom is 0.0596 e. The molecule has 1 aliphatic rings. The van der Waals surface area contributed by atoms with Crippen molar-refractivity contribution in [3.05, 3.63) is 53.3 Å². The fourth-order valence-electron chi connectivity index (χ4n) is 4.30. The largest absolute Gasteiger partial charge is 0.302 e. The van der Waals surface area contributed by atoms with Crippen molar-refractivity contribution >= 4 is 0 Å². The quantitative estimate of drug-likeness (QED) is 0.670. The molecular formula is C23H36N4. The van der Waals surface area contributed by atoms with E-state index in [0.717, 1.165) is 18.8 Å². The van der Waals surface area contributed by atoms with Crippen LogP contribution in [-0.2, 0) is 13.0 Å². The molecule has 0 aliphatic carbocycles. The summed E-state index contributed by atoms with van der Waals surface area (Å²) in [6.45, 7) is 10.1. The van der Waals surface area contributed by atoms with E-state index >= 15 is 0 Å². The van der Waals surface area contributed by atoms with Crippen molar-refractivity contribution in [3.63, 3.8) is 0 Å². The van der Waals surface area contributed by atoms with Crippen molar-refractivity contribution < 1.29 is 0 Å². The topological polar surface area (TPSA) is 24.3 Å². The second-order valence-corrected chi connectivity index (χ2v) is 8.17. The second-order valence-electron chi connectivity index (χ2n) is 8.17. The Labute approximate surface area is 165 Å². The number of aryl methyl sites for hydroxylation is 4. The summed E-state index contributed by atoms with van der Waals surface area (Å²) in [5.74, 6) is 0. The number of hydrogen-bond acceptors (Lipinski definition) is 3. The summed E-state index contributed by atoms with van der Waals surface area (Å²) in [7, 11) is 2.30. The van der Waals surface area contributed by atoms with Crippen molar-refractivity contribution in [2.75, 3.05) is 33.2 Å². The number of hydrogen-bond donors (Lipinski definition) is 0. The van der Waals surface area contributed by atoms with Crippen LogP contribution in [0.15, 0.2) is 36.4 Å². The van der Waals surface area contributed by atoms with Crippen LogP contribution in [0.1, 0.15) is 42.6 Å². The van der Waals surface area contributed by atoms with Crippen molar-refractivity contribution in [2.24, 2.45) is 0 Å². The Morgan fingerprint density at radius 2 is 1.93 bits per heavy atom. The zero-order valence-electron chi connectivity index (χ0n) is 17.4. The van der Waals surface area contributed by atoms with Crippen LogP contribution < -0.4 is 0 Å². The Kier molecular flexibility index (Phi) is 7.48. The Morgan fingerprint density at radius 3 is 2.67 bits per heavy atom. The third kappa shape index (κ3) is 6.18. The van der Waals surface area contributed by atoms with E-state index in [9.17, 15) is 0 Å². The Hall–Kier alpha value is -1.65. The highest BCUT2D eigenvalue weighted by molar-refractivity contribution is 5.14. The molecule has 0 radical (unpaired) electrons. The van der Waals surface area contributed by atoms with Crippen LogP contribution in [0.25, 0.3) is 0 Å². The first-order valence-corrected chi connectivity index (χ1v) is 10.6. The number of nitrogens with zero attached hydrogens (tertiary/aromatic N) is 4. The lowest BCUT2D eigenvalue weighted by Crippen LogP contribution is -2.47. The molecule has 1 fully saturated rings. The van der Waals surface area contributed by atoms with Gasteiger partial charge in [0.15, 0.2) is 0 Å². The van der Waals surface area contributed by atoms with Gasteiger partial charge in [0.05, 0.1) is 5.69 Å². The Bertz CT molecular complexity index is 679. The molecule has 27 heavy (non-hydrogen) atoms. The van der Waals surface area contributed by atoms with Gasteiger partial charge in [0.25, 0.3) is 0 Å².